The van der Waals surface area contributed by atoms with Crippen LogP contribution in [-0.4, -0.2) is 12.6 Å². The van der Waals surface area contributed by atoms with Crippen LogP contribution in [0.1, 0.15) is 56.1 Å². The Kier molecular flexibility index (Phi) is 3.43. The maximum absolute atomic E-state index is 3.78. The Bertz CT molecular complexity index is 383. The standard InChI is InChI=1S/C17H25N/c1-14-5-7-15(8-6-14)17(11-3-2-4-12-17)13-18-16-9-10-16/h5-8,16,18H,2-4,9-13H2,1H3. The summed E-state index contributed by atoms with van der Waals surface area (Å²) in [6.45, 7) is 3.38. The van der Waals surface area contributed by atoms with Crippen molar-refractivity contribution in [3.8, 4) is 0 Å². The third-order valence-corrected chi connectivity index (χ3v) is 4.78. The molecular weight excluding hydrogens is 218 g/mol. The number of hydrogen-bond donors (Lipinski definition) is 1. The van der Waals surface area contributed by atoms with E-state index in [9.17, 15) is 0 Å². The van der Waals surface area contributed by atoms with Crippen LogP contribution in [0.4, 0.5) is 0 Å². The zero-order valence-electron chi connectivity index (χ0n) is 11.5. The highest BCUT2D eigenvalue weighted by Gasteiger charge is 2.35. The van der Waals surface area contributed by atoms with Crippen molar-refractivity contribution < 1.29 is 0 Å². The summed E-state index contributed by atoms with van der Waals surface area (Å²) in [6.07, 6.45) is 9.76. The molecule has 0 aliphatic heterocycles. The zero-order chi connectivity index (χ0) is 12.4. The van der Waals surface area contributed by atoms with Gasteiger partial charge in [0.2, 0.25) is 0 Å². The molecule has 0 spiro atoms. The Morgan fingerprint density at radius 3 is 2.33 bits per heavy atom. The SMILES string of the molecule is Cc1ccc(C2(CNC3CC3)CCCCC2)cc1. The lowest BCUT2D eigenvalue weighted by Gasteiger charge is -2.38. The highest BCUT2D eigenvalue weighted by atomic mass is 15.0. The Hall–Kier alpha value is -0.820. The van der Waals surface area contributed by atoms with Gasteiger partial charge in [-0.3, -0.25) is 0 Å². The number of rotatable bonds is 4. The Balaban J connectivity index is 1.80. The summed E-state index contributed by atoms with van der Waals surface area (Å²) >= 11 is 0. The van der Waals surface area contributed by atoms with Crippen molar-refractivity contribution in [1.82, 2.24) is 5.32 Å². The summed E-state index contributed by atoms with van der Waals surface area (Å²) in [5.41, 5.74) is 3.37. The van der Waals surface area contributed by atoms with E-state index in [0.29, 0.717) is 5.41 Å². The second-order valence-electron chi connectivity index (χ2n) is 6.36. The molecule has 2 saturated carbocycles. The highest BCUT2D eigenvalue weighted by Crippen LogP contribution is 2.39. The molecule has 0 aromatic heterocycles. The molecule has 0 bridgehead atoms. The van der Waals surface area contributed by atoms with E-state index in [-0.39, 0.29) is 0 Å². The fourth-order valence-electron chi connectivity index (χ4n) is 3.33. The van der Waals surface area contributed by atoms with E-state index in [1.54, 1.807) is 5.56 Å². The molecule has 1 nitrogen and oxygen atoms in total. The molecule has 0 heterocycles. The third-order valence-electron chi connectivity index (χ3n) is 4.78. The summed E-state index contributed by atoms with van der Waals surface area (Å²) in [5, 5.41) is 3.78. The molecule has 18 heavy (non-hydrogen) atoms. The van der Waals surface area contributed by atoms with Crippen molar-refractivity contribution in [2.75, 3.05) is 6.54 Å². The van der Waals surface area contributed by atoms with E-state index in [0.717, 1.165) is 6.04 Å². The molecule has 0 radical (unpaired) electrons. The van der Waals surface area contributed by atoms with Gasteiger partial charge in [-0.05, 0) is 38.2 Å². The first-order valence-electron chi connectivity index (χ1n) is 7.59. The molecule has 2 aliphatic rings. The van der Waals surface area contributed by atoms with Gasteiger partial charge in [0.15, 0.2) is 0 Å². The maximum atomic E-state index is 3.78. The van der Waals surface area contributed by atoms with E-state index in [4.69, 9.17) is 0 Å². The van der Waals surface area contributed by atoms with E-state index < -0.39 is 0 Å². The third kappa shape index (κ3) is 2.61. The Morgan fingerprint density at radius 2 is 1.72 bits per heavy atom. The average molecular weight is 243 g/mol. The van der Waals surface area contributed by atoms with Crippen LogP contribution in [0.15, 0.2) is 24.3 Å². The number of nitrogens with one attached hydrogen (secondary N) is 1. The summed E-state index contributed by atoms with van der Waals surface area (Å²) in [4.78, 5) is 0. The molecule has 1 aromatic carbocycles. The van der Waals surface area contributed by atoms with E-state index in [2.05, 4.69) is 36.5 Å². The molecule has 0 saturated heterocycles. The quantitative estimate of drug-likeness (QED) is 0.844. The zero-order valence-corrected chi connectivity index (χ0v) is 11.5. The monoisotopic (exact) mass is 243 g/mol. The summed E-state index contributed by atoms with van der Waals surface area (Å²) < 4.78 is 0. The fourth-order valence-corrected chi connectivity index (χ4v) is 3.33. The first kappa shape index (κ1) is 12.2. The average Bonchev–Trinajstić information content (AvgIpc) is 3.22. The van der Waals surface area contributed by atoms with Crippen LogP contribution in [-0.2, 0) is 5.41 Å². The smallest absolute Gasteiger partial charge is 0.00778 e. The van der Waals surface area contributed by atoms with Crippen LogP contribution >= 0.6 is 0 Å². The molecule has 98 valence electrons. The highest BCUT2D eigenvalue weighted by molar-refractivity contribution is 5.30. The van der Waals surface area contributed by atoms with Crippen molar-refractivity contribution >= 4 is 0 Å². The lowest BCUT2D eigenvalue weighted by Crippen LogP contribution is -2.40. The molecular formula is C17H25N. The first-order chi connectivity index (χ1) is 8.78. The largest absolute Gasteiger partial charge is 0.313 e. The van der Waals surface area contributed by atoms with Crippen LogP contribution in [0.2, 0.25) is 0 Å². The van der Waals surface area contributed by atoms with Gasteiger partial charge in [-0.25, -0.2) is 0 Å². The number of aryl methyl sites for hydroxylation is 1. The van der Waals surface area contributed by atoms with Crippen LogP contribution in [0.25, 0.3) is 0 Å². The van der Waals surface area contributed by atoms with Crippen molar-refractivity contribution in [2.24, 2.45) is 0 Å². The summed E-state index contributed by atoms with van der Waals surface area (Å²) in [7, 11) is 0. The van der Waals surface area contributed by atoms with E-state index in [1.807, 2.05) is 0 Å². The van der Waals surface area contributed by atoms with E-state index in [1.165, 1.54) is 57.1 Å². The van der Waals surface area contributed by atoms with Gasteiger partial charge in [0, 0.05) is 18.0 Å². The van der Waals surface area contributed by atoms with E-state index >= 15 is 0 Å². The number of hydrogen-bond acceptors (Lipinski definition) is 1. The van der Waals surface area contributed by atoms with Crippen LogP contribution in [0, 0.1) is 6.92 Å². The molecule has 0 unspecified atom stereocenters. The molecule has 2 fully saturated rings. The van der Waals surface area contributed by atoms with Gasteiger partial charge < -0.3 is 5.32 Å². The minimum Gasteiger partial charge on any atom is -0.313 e. The molecule has 3 rings (SSSR count). The van der Waals surface area contributed by atoms with Crippen molar-refractivity contribution in [3.63, 3.8) is 0 Å². The van der Waals surface area contributed by atoms with Crippen molar-refractivity contribution in [3.05, 3.63) is 35.4 Å². The minimum atomic E-state index is 0.425. The van der Waals surface area contributed by atoms with Gasteiger partial charge in [0.1, 0.15) is 0 Å². The molecule has 2 aliphatic carbocycles. The minimum absolute atomic E-state index is 0.425. The van der Waals surface area contributed by atoms with Crippen molar-refractivity contribution in [2.45, 2.75) is 63.3 Å². The van der Waals surface area contributed by atoms with Gasteiger partial charge in [0.25, 0.3) is 0 Å². The van der Waals surface area contributed by atoms with Crippen LogP contribution in [0.5, 0.6) is 0 Å². The first-order valence-corrected chi connectivity index (χ1v) is 7.59. The van der Waals surface area contributed by atoms with Gasteiger partial charge >= 0.3 is 0 Å². The fraction of sp³-hybridized carbons (Fsp3) is 0.647. The molecule has 1 N–H and O–H groups in total. The topological polar surface area (TPSA) is 12.0 Å². The molecule has 0 amide bonds. The predicted octanol–water partition coefficient (Wildman–Crippen LogP) is 3.95. The normalized spacial score (nSPS) is 22.9. The molecule has 1 aromatic rings. The van der Waals surface area contributed by atoms with Gasteiger partial charge in [-0.2, -0.15) is 0 Å². The lowest BCUT2D eigenvalue weighted by molar-refractivity contribution is 0.279. The van der Waals surface area contributed by atoms with Gasteiger partial charge in [-0.15, -0.1) is 0 Å². The lowest BCUT2D eigenvalue weighted by atomic mass is 9.69. The summed E-state index contributed by atoms with van der Waals surface area (Å²) in [6, 6.07) is 10.1. The Morgan fingerprint density at radius 1 is 1.06 bits per heavy atom. The van der Waals surface area contributed by atoms with Gasteiger partial charge in [0.05, 0.1) is 0 Å². The van der Waals surface area contributed by atoms with Gasteiger partial charge in [-0.1, -0.05) is 49.1 Å². The Labute approximate surface area is 111 Å². The summed E-state index contributed by atoms with van der Waals surface area (Å²) in [5.74, 6) is 0. The maximum Gasteiger partial charge on any atom is 0.00778 e. The second kappa shape index (κ2) is 5.05. The second-order valence-corrected chi connectivity index (χ2v) is 6.36. The van der Waals surface area contributed by atoms with Crippen molar-refractivity contribution in [1.29, 1.82) is 0 Å². The molecule has 1 heteroatoms. The number of benzene rings is 1. The van der Waals surface area contributed by atoms with Crippen LogP contribution in [0.3, 0.4) is 0 Å². The van der Waals surface area contributed by atoms with Crippen LogP contribution < -0.4 is 5.32 Å². The molecule has 0 atom stereocenters. The predicted molar refractivity (Wildman–Crippen MR) is 77.0 cm³/mol.